The Bertz CT molecular complexity index is 1350. The van der Waals surface area contributed by atoms with Gasteiger partial charge >= 0.3 is 0 Å². The van der Waals surface area contributed by atoms with Crippen molar-refractivity contribution in [2.75, 3.05) is 25.1 Å². The van der Waals surface area contributed by atoms with Crippen LogP contribution < -0.4 is 14.8 Å². The van der Waals surface area contributed by atoms with E-state index < -0.39 is 46.7 Å². The first-order valence-corrected chi connectivity index (χ1v) is 11.7. The topological polar surface area (TPSA) is 84.9 Å². The lowest BCUT2D eigenvalue weighted by molar-refractivity contribution is -0.127. The molecule has 0 aromatic heterocycles. The minimum absolute atomic E-state index is 0.0849. The van der Waals surface area contributed by atoms with Crippen molar-refractivity contribution in [3.63, 3.8) is 0 Å². The zero-order chi connectivity index (χ0) is 26.4. The van der Waals surface area contributed by atoms with Crippen LogP contribution in [-0.4, -0.2) is 41.7 Å². The molecule has 3 aromatic carbocycles. The number of para-hydroxylation sites is 1. The van der Waals surface area contributed by atoms with Gasteiger partial charge in [0, 0.05) is 0 Å². The van der Waals surface area contributed by atoms with Crippen LogP contribution in [0.5, 0.6) is 11.5 Å². The maximum absolute atomic E-state index is 13.8. The Balaban J connectivity index is 1.31. The summed E-state index contributed by atoms with van der Waals surface area (Å²) in [5.41, 5.74) is 0.00652. The normalized spacial score (nSPS) is 14.2. The SMILES string of the molecule is O=C(CN1C(=O)S/C(=C/c2ccc(OCCOc3ccccc3)cc2)C1=O)Nc1ccc(F)c(F)c1F. The average molecular weight is 529 g/mol. The number of hydrogen-bond donors (Lipinski definition) is 1. The molecule has 1 heterocycles. The van der Waals surface area contributed by atoms with Gasteiger partial charge in [-0.2, -0.15) is 0 Å². The Hall–Kier alpha value is -4.25. The molecule has 11 heteroatoms. The molecule has 0 aliphatic carbocycles. The van der Waals surface area contributed by atoms with Gasteiger partial charge in [0.2, 0.25) is 5.91 Å². The molecule has 1 aliphatic heterocycles. The second kappa shape index (κ2) is 11.7. The fraction of sp³-hybridized carbons (Fsp3) is 0.115. The van der Waals surface area contributed by atoms with Crippen molar-refractivity contribution in [2.24, 2.45) is 0 Å². The lowest BCUT2D eigenvalue weighted by Gasteiger charge is -2.13. The van der Waals surface area contributed by atoms with E-state index in [-0.39, 0.29) is 4.91 Å². The first kappa shape index (κ1) is 25.8. The molecule has 0 atom stereocenters. The monoisotopic (exact) mass is 528 g/mol. The second-order valence-electron chi connectivity index (χ2n) is 7.62. The van der Waals surface area contributed by atoms with Crippen LogP contribution in [0, 0.1) is 17.5 Å². The number of carbonyl (C=O) groups is 3. The number of carbonyl (C=O) groups excluding carboxylic acids is 3. The number of thioether (sulfide) groups is 1. The molecule has 0 radical (unpaired) electrons. The van der Waals surface area contributed by atoms with E-state index in [1.165, 1.54) is 6.08 Å². The summed E-state index contributed by atoms with van der Waals surface area (Å²) >= 11 is 0.639. The van der Waals surface area contributed by atoms with Crippen LogP contribution in [0.2, 0.25) is 0 Å². The second-order valence-corrected chi connectivity index (χ2v) is 8.61. The molecule has 3 amide bonds. The van der Waals surface area contributed by atoms with E-state index in [4.69, 9.17) is 9.47 Å². The lowest BCUT2D eigenvalue weighted by Crippen LogP contribution is -2.36. The fourth-order valence-corrected chi connectivity index (χ4v) is 4.08. The highest BCUT2D eigenvalue weighted by atomic mass is 32.2. The van der Waals surface area contributed by atoms with Crippen molar-refractivity contribution in [3.05, 3.63) is 94.7 Å². The van der Waals surface area contributed by atoms with Crippen molar-refractivity contribution >= 4 is 40.6 Å². The smallest absolute Gasteiger partial charge is 0.294 e. The molecule has 37 heavy (non-hydrogen) atoms. The van der Waals surface area contributed by atoms with E-state index in [0.29, 0.717) is 47.3 Å². The number of nitrogens with zero attached hydrogens (tertiary/aromatic N) is 1. The Kier molecular flexibility index (Phi) is 8.14. The molecular formula is C26H19F3N2O5S. The minimum Gasteiger partial charge on any atom is -0.490 e. The number of benzene rings is 3. The van der Waals surface area contributed by atoms with Crippen molar-refractivity contribution in [3.8, 4) is 11.5 Å². The maximum atomic E-state index is 13.8. The molecule has 3 aromatic rings. The molecule has 0 bridgehead atoms. The number of halogens is 3. The van der Waals surface area contributed by atoms with Crippen LogP contribution in [0.3, 0.4) is 0 Å². The number of nitrogens with one attached hydrogen (secondary N) is 1. The third-order valence-corrected chi connectivity index (χ3v) is 5.93. The minimum atomic E-state index is -1.75. The summed E-state index contributed by atoms with van der Waals surface area (Å²) in [6.07, 6.45) is 1.49. The van der Waals surface area contributed by atoms with Gasteiger partial charge in [-0.05, 0) is 59.8 Å². The van der Waals surface area contributed by atoms with E-state index in [1.807, 2.05) is 35.6 Å². The van der Waals surface area contributed by atoms with E-state index in [2.05, 4.69) is 0 Å². The molecule has 1 fully saturated rings. The van der Waals surface area contributed by atoms with Crippen LogP contribution in [0.25, 0.3) is 6.08 Å². The Morgan fingerprint density at radius 1 is 0.865 bits per heavy atom. The van der Waals surface area contributed by atoms with Gasteiger partial charge in [-0.25, -0.2) is 13.2 Å². The van der Waals surface area contributed by atoms with Crippen molar-refractivity contribution in [1.29, 1.82) is 0 Å². The predicted molar refractivity (Wildman–Crippen MR) is 131 cm³/mol. The molecule has 1 aliphatic rings. The van der Waals surface area contributed by atoms with Crippen LogP contribution in [0.4, 0.5) is 23.7 Å². The summed E-state index contributed by atoms with van der Waals surface area (Å²) in [7, 11) is 0. The summed E-state index contributed by atoms with van der Waals surface area (Å²) in [6, 6.07) is 17.6. The van der Waals surface area contributed by atoms with Crippen LogP contribution in [-0.2, 0) is 9.59 Å². The van der Waals surface area contributed by atoms with Crippen LogP contribution in [0.15, 0.2) is 71.6 Å². The van der Waals surface area contributed by atoms with E-state index >= 15 is 0 Å². The predicted octanol–water partition coefficient (Wildman–Crippen LogP) is 5.24. The van der Waals surface area contributed by atoms with Gasteiger partial charge in [0.05, 0.1) is 10.6 Å². The first-order valence-electron chi connectivity index (χ1n) is 10.9. The van der Waals surface area contributed by atoms with Gasteiger partial charge in [-0.1, -0.05) is 30.3 Å². The quantitative estimate of drug-likeness (QED) is 0.232. The highest BCUT2D eigenvalue weighted by Gasteiger charge is 2.36. The van der Waals surface area contributed by atoms with Crippen molar-refractivity contribution < 1.29 is 37.0 Å². The number of rotatable bonds is 9. The molecule has 1 N–H and O–H groups in total. The van der Waals surface area contributed by atoms with Crippen LogP contribution >= 0.6 is 11.8 Å². The molecule has 4 rings (SSSR count). The van der Waals surface area contributed by atoms with Gasteiger partial charge < -0.3 is 14.8 Å². The molecular weight excluding hydrogens is 509 g/mol. The van der Waals surface area contributed by atoms with Gasteiger partial charge in [-0.3, -0.25) is 19.3 Å². The summed E-state index contributed by atoms with van der Waals surface area (Å²) in [5, 5.41) is 1.33. The highest BCUT2D eigenvalue weighted by Crippen LogP contribution is 2.32. The largest absolute Gasteiger partial charge is 0.490 e. The average Bonchev–Trinajstić information content (AvgIpc) is 3.15. The molecule has 190 valence electrons. The number of anilines is 1. The zero-order valence-corrected chi connectivity index (χ0v) is 19.9. The maximum Gasteiger partial charge on any atom is 0.294 e. The third-order valence-electron chi connectivity index (χ3n) is 5.03. The summed E-state index contributed by atoms with van der Waals surface area (Å²) < 4.78 is 51.4. The number of ether oxygens (including phenoxy) is 2. The number of hydrogen-bond acceptors (Lipinski definition) is 6. The lowest BCUT2D eigenvalue weighted by atomic mass is 10.2. The van der Waals surface area contributed by atoms with Crippen molar-refractivity contribution in [1.82, 2.24) is 4.90 Å². The molecule has 7 nitrogen and oxygen atoms in total. The molecule has 1 saturated heterocycles. The van der Waals surface area contributed by atoms with E-state index in [1.54, 1.807) is 24.3 Å². The highest BCUT2D eigenvalue weighted by molar-refractivity contribution is 8.18. The number of amides is 3. The molecule has 0 saturated carbocycles. The number of imide groups is 1. The summed E-state index contributed by atoms with van der Waals surface area (Å²) in [5.74, 6) is -5.08. The Labute approximate surface area is 213 Å². The third kappa shape index (κ3) is 6.50. The van der Waals surface area contributed by atoms with Crippen LogP contribution in [0.1, 0.15) is 5.56 Å². The summed E-state index contributed by atoms with van der Waals surface area (Å²) in [6.45, 7) is -0.0445. The summed E-state index contributed by atoms with van der Waals surface area (Å²) in [4.78, 5) is 37.9. The molecule has 0 spiro atoms. The Morgan fingerprint density at radius 2 is 1.51 bits per heavy atom. The first-order chi connectivity index (χ1) is 17.8. The standard InChI is InChI=1S/C26H19F3N2O5S/c27-19-10-11-20(24(29)23(19)28)30-22(32)15-31-25(33)21(37-26(31)34)14-16-6-8-18(9-7-16)36-13-12-35-17-4-2-1-3-5-17/h1-11,14H,12-13,15H2,(H,30,32)/b21-14+. The van der Waals surface area contributed by atoms with Gasteiger partial charge in [0.25, 0.3) is 11.1 Å². The molecule has 0 unspecified atom stereocenters. The fourth-order valence-electron chi connectivity index (χ4n) is 3.24. The van der Waals surface area contributed by atoms with Gasteiger partial charge in [-0.15, -0.1) is 0 Å². The zero-order valence-electron chi connectivity index (χ0n) is 19.1. The van der Waals surface area contributed by atoms with E-state index in [9.17, 15) is 27.6 Å². The van der Waals surface area contributed by atoms with E-state index in [0.717, 1.165) is 11.8 Å². The van der Waals surface area contributed by atoms with Gasteiger partial charge in [0.15, 0.2) is 17.5 Å². The van der Waals surface area contributed by atoms with Crippen molar-refractivity contribution in [2.45, 2.75) is 0 Å². The Morgan fingerprint density at radius 3 is 2.19 bits per heavy atom. The van der Waals surface area contributed by atoms with Gasteiger partial charge in [0.1, 0.15) is 31.3 Å².